The maximum absolute atomic E-state index is 12.6. The van der Waals surface area contributed by atoms with Gasteiger partial charge in [-0.3, -0.25) is 4.55 Å². The average Bonchev–Trinajstić information content (AvgIpc) is 2.64. The number of esters is 1. The number of rotatable bonds is 4. The molecule has 0 unspecified atom stereocenters. The Bertz CT molecular complexity index is 413. The summed E-state index contributed by atoms with van der Waals surface area (Å²) in [4.78, 5) is 10.7. The van der Waals surface area contributed by atoms with Crippen LogP contribution in [-0.4, -0.2) is 37.4 Å². The summed E-state index contributed by atoms with van der Waals surface area (Å²) in [5.41, 5.74) is 0. The molecule has 0 amide bonds. The number of hydrogen-bond donors (Lipinski definition) is 1. The SMILES string of the molecule is O=C(OCC1=CCCO1)C(F)(F)S(=O)(=O)O. The predicted octanol–water partition coefficient (Wildman–Crippen LogP) is 0.314. The molecule has 0 atom stereocenters. The van der Waals surface area contributed by atoms with E-state index in [1.54, 1.807) is 0 Å². The zero-order chi connectivity index (χ0) is 12.4. The van der Waals surface area contributed by atoms with Crippen molar-refractivity contribution in [2.75, 3.05) is 13.2 Å². The zero-order valence-corrected chi connectivity index (χ0v) is 8.67. The molecule has 1 heterocycles. The predicted molar refractivity (Wildman–Crippen MR) is 46.1 cm³/mol. The largest absolute Gasteiger partial charge is 0.494 e. The summed E-state index contributed by atoms with van der Waals surface area (Å²) in [6.07, 6.45) is 2.07. The molecule has 1 N–H and O–H groups in total. The van der Waals surface area contributed by atoms with Gasteiger partial charge in [0.2, 0.25) is 0 Å². The van der Waals surface area contributed by atoms with Crippen molar-refractivity contribution in [2.45, 2.75) is 11.7 Å². The molecular weight excluding hydrogens is 250 g/mol. The van der Waals surface area contributed by atoms with Crippen LogP contribution in [0.5, 0.6) is 0 Å². The highest BCUT2D eigenvalue weighted by atomic mass is 32.2. The monoisotopic (exact) mass is 258 g/mol. The maximum Gasteiger partial charge on any atom is 0.465 e. The van der Waals surface area contributed by atoms with Gasteiger partial charge in [0.1, 0.15) is 12.4 Å². The molecule has 1 rings (SSSR count). The Morgan fingerprint density at radius 1 is 1.62 bits per heavy atom. The number of carbonyl (C=O) groups is 1. The van der Waals surface area contributed by atoms with Crippen LogP contribution in [0.4, 0.5) is 8.78 Å². The lowest BCUT2D eigenvalue weighted by atomic mass is 10.4. The summed E-state index contributed by atoms with van der Waals surface area (Å²) >= 11 is 0. The first-order valence-electron chi connectivity index (χ1n) is 4.09. The molecule has 0 bridgehead atoms. The van der Waals surface area contributed by atoms with Crippen LogP contribution in [0.1, 0.15) is 6.42 Å². The van der Waals surface area contributed by atoms with E-state index in [-0.39, 0.29) is 5.76 Å². The summed E-state index contributed by atoms with van der Waals surface area (Å²) in [5.74, 6) is -2.18. The fourth-order valence-corrected chi connectivity index (χ4v) is 1.16. The van der Waals surface area contributed by atoms with Crippen LogP contribution < -0.4 is 0 Å². The quantitative estimate of drug-likeness (QED) is 0.576. The second-order valence-electron chi connectivity index (χ2n) is 2.88. The van der Waals surface area contributed by atoms with Crippen molar-refractivity contribution in [3.8, 4) is 0 Å². The Hall–Kier alpha value is -1.22. The molecule has 16 heavy (non-hydrogen) atoms. The number of halogens is 2. The molecule has 0 radical (unpaired) electrons. The lowest BCUT2D eigenvalue weighted by Gasteiger charge is -2.12. The average molecular weight is 258 g/mol. The molecule has 0 aliphatic carbocycles. The zero-order valence-electron chi connectivity index (χ0n) is 7.85. The van der Waals surface area contributed by atoms with Gasteiger partial charge in [-0.15, -0.1) is 0 Å². The molecule has 0 spiro atoms. The molecule has 0 saturated carbocycles. The van der Waals surface area contributed by atoms with Gasteiger partial charge in [0.25, 0.3) is 0 Å². The molecule has 92 valence electrons. The Morgan fingerprint density at radius 2 is 2.25 bits per heavy atom. The summed E-state index contributed by atoms with van der Waals surface area (Å²) in [5, 5.41) is -4.97. The Labute approximate surface area is 89.6 Å². The third-order valence-electron chi connectivity index (χ3n) is 1.68. The molecule has 9 heteroatoms. The second-order valence-corrected chi connectivity index (χ2v) is 4.34. The van der Waals surface area contributed by atoms with Gasteiger partial charge >= 0.3 is 21.3 Å². The molecule has 6 nitrogen and oxygen atoms in total. The highest BCUT2D eigenvalue weighted by Gasteiger charge is 2.54. The van der Waals surface area contributed by atoms with Crippen molar-refractivity contribution < 1.29 is 36.0 Å². The third-order valence-corrected chi connectivity index (χ3v) is 2.50. The standard InChI is InChI=1S/C7H8F2O6S/c8-7(9,16(11,12)13)6(10)15-4-5-2-1-3-14-5/h2H,1,3-4H2,(H,11,12,13). The van der Waals surface area contributed by atoms with E-state index in [1.165, 1.54) is 6.08 Å². The van der Waals surface area contributed by atoms with Gasteiger partial charge in [-0.2, -0.15) is 17.2 Å². The van der Waals surface area contributed by atoms with Gasteiger partial charge in [0.15, 0.2) is 0 Å². The third kappa shape index (κ3) is 2.67. The van der Waals surface area contributed by atoms with E-state index in [2.05, 4.69) is 4.74 Å². The minimum absolute atomic E-state index is 0.166. The summed E-state index contributed by atoms with van der Waals surface area (Å²) in [6, 6.07) is 0. The first-order chi connectivity index (χ1) is 7.25. The van der Waals surface area contributed by atoms with Crippen LogP contribution in [0, 0.1) is 0 Å². The topological polar surface area (TPSA) is 89.9 Å². The molecule has 0 saturated heterocycles. The fourth-order valence-electron chi connectivity index (χ4n) is 0.895. The van der Waals surface area contributed by atoms with Crippen LogP contribution in [0.25, 0.3) is 0 Å². The molecule has 0 fully saturated rings. The van der Waals surface area contributed by atoms with E-state index in [0.29, 0.717) is 13.0 Å². The van der Waals surface area contributed by atoms with E-state index in [9.17, 15) is 22.0 Å². The van der Waals surface area contributed by atoms with Gasteiger partial charge < -0.3 is 9.47 Å². The van der Waals surface area contributed by atoms with Crippen molar-refractivity contribution >= 4 is 16.1 Å². The van der Waals surface area contributed by atoms with E-state index in [1.807, 2.05) is 0 Å². The summed E-state index contributed by atoms with van der Waals surface area (Å²) < 4.78 is 62.5. The lowest BCUT2D eigenvalue weighted by molar-refractivity contribution is -0.161. The number of hydrogen-bond acceptors (Lipinski definition) is 5. The van der Waals surface area contributed by atoms with Gasteiger partial charge in [0.05, 0.1) is 6.61 Å². The van der Waals surface area contributed by atoms with E-state index in [0.717, 1.165) is 0 Å². The Balaban J connectivity index is 2.58. The molecule has 0 aromatic carbocycles. The lowest BCUT2D eigenvalue weighted by Crippen LogP contribution is -2.39. The maximum atomic E-state index is 12.6. The van der Waals surface area contributed by atoms with Gasteiger partial charge in [-0.05, 0) is 6.08 Å². The summed E-state index contributed by atoms with van der Waals surface area (Å²) in [7, 11) is -5.82. The molecule has 0 aromatic rings. The van der Waals surface area contributed by atoms with Crippen LogP contribution in [0.2, 0.25) is 0 Å². The van der Waals surface area contributed by atoms with Crippen LogP contribution in [0.15, 0.2) is 11.8 Å². The van der Waals surface area contributed by atoms with Crippen molar-refractivity contribution in [3.05, 3.63) is 11.8 Å². The molecule has 1 aliphatic rings. The normalized spacial score (nSPS) is 16.6. The summed E-state index contributed by atoms with van der Waals surface area (Å²) in [6.45, 7) is -0.245. The minimum Gasteiger partial charge on any atom is -0.494 e. The van der Waals surface area contributed by atoms with E-state index < -0.39 is 27.9 Å². The van der Waals surface area contributed by atoms with Gasteiger partial charge in [-0.1, -0.05) is 0 Å². The minimum atomic E-state index is -5.82. The Kier molecular flexibility index (Phi) is 3.48. The van der Waals surface area contributed by atoms with Gasteiger partial charge in [-0.25, -0.2) is 4.79 Å². The number of ether oxygens (including phenoxy) is 2. The molecular formula is C7H8F2O6S. The van der Waals surface area contributed by atoms with E-state index in [4.69, 9.17) is 9.29 Å². The Morgan fingerprint density at radius 3 is 2.69 bits per heavy atom. The molecule has 0 aromatic heterocycles. The smallest absolute Gasteiger partial charge is 0.465 e. The van der Waals surface area contributed by atoms with Crippen LogP contribution in [-0.2, 0) is 24.4 Å². The first-order valence-corrected chi connectivity index (χ1v) is 5.53. The number of alkyl halides is 2. The van der Waals surface area contributed by atoms with Crippen molar-refractivity contribution in [2.24, 2.45) is 0 Å². The van der Waals surface area contributed by atoms with Crippen molar-refractivity contribution in [3.63, 3.8) is 0 Å². The first kappa shape index (κ1) is 12.8. The highest BCUT2D eigenvalue weighted by molar-refractivity contribution is 7.87. The van der Waals surface area contributed by atoms with E-state index >= 15 is 0 Å². The number of carbonyl (C=O) groups excluding carboxylic acids is 1. The highest BCUT2D eigenvalue weighted by Crippen LogP contribution is 2.22. The molecule has 1 aliphatic heterocycles. The fraction of sp³-hybridized carbons (Fsp3) is 0.571. The van der Waals surface area contributed by atoms with Crippen LogP contribution >= 0.6 is 0 Å². The van der Waals surface area contributed by atoms with Crippen LogP contribution in [0.3, 0.4) is 0 Å². The second kappa shape index (κ2) is 4.34. The van der Waals surface area contributed by atoms with Crippen molar-refractivity contribution in [1.29, 1.82) is 0 Å². The van der Waals surface area contributed by atoms with Gasteiger partial charge in [0, 0.05) is 6.42 Å². The van der Waals surface area contributed by atoms with Crippen molar-refractivity contribution in [1.82, 2.24) is 0 Å².